The third-order valence-electron chi connectivity index (χ3n) is 6.76. The van der Waals surface area contributed by atoms with E-state index in [1.54, 1.807) is 0 Å². The molecule has 1 amide bonds. The zero-order valence-corrected chi connectivity index (χ0v) is 19.7. The molecule has 2 saturated heterocycles. The molecule has 4 nitrogen and oxygen atoms in total. The highest BCUT2D eigenvalue weighted by molar-refractivity contribution is 8.26. The molecule has 2 aliphatic heterocycles. The maximum absolute atomic E-state index is 13.3. The number of carbonyl (C=O) groups excluding carboxylic acids is 1. The Morgan fingerprint density at radius 1 is 1.10 bits per heavy atom. The summed E-state index contributed by atoms with van der Waals surface area (Å²) in [6.45, 7) is 4.16. The van der Waals surface area contributed by atoms with Gasteiger partial charge >= 0.3 is 0 Å². The van der Waals surface area contributed by atoms with Crippen molar-refractivity contribution >= 4 is 57.0 Å². The molecule has 6 heteroatoms. The second-order valence-electron chi connectivity index (χ2n) is 8.94. The molecule has 0 unspecified atom stereocenters. The number of aryl methyl sites for hydroxylation is 1. The van der Waals surface area contributed by atoms with Crippen LogP contribution in [0.1, 0.15) is 62.5 Å². The smallest absolute Gasteiger partial charge is 0.266 e. The summed E-state index contributed by atoms with van der Waals surface area (Å²) in [6, 6.07) is 8.77. The fourth-order valence-corrected chi connectivity index (χ4v) is 6.49. The van der Waals surface area contributed by atoms with E-state index in [2.05, 4.69) is 36.1 Å². The Labute approximate surface area is 194 Å². The quantitative estimate of drug-likeness (QED) is 0.418. The zero-order chi connectivity index (χ0) is 21.4. The van der Waals surface area contributed by atoms with Gasteiger partial charge in [0.2, 0.25) is 0 Å². The van der Waals surface area contributed by atoms with E-state index in [0.29, 0.717) is 4.32 Å². The Bertz CT molecular complexity index is 1050. The summed E-state index contributed by atoms with van der Waals surface area (Å²) in [4.78, 5) is 23.5. The second kappa shape index (κ2) is 8.91. The van der Waals surface area contributed by atoms with Crippen LogP contribution in [0, 0.1) is 6.92 Å². The summed E-state index contributed by atoms with van der Waals surface area (Å²) in [5, 5.41) is 1.12. The van der Waals surface area contributed by atoms with Gasteiger partial charge in [0, 0.05) is 30.1 Å². The van der Waals surface area contributed by atoms with E-state index in [4.69, 9.17) is 17.2 Å². The predicted molar refractivity (Wildman–Crippen MR) is 134 cm³/mol. The van der Waals surface area contributed by atoms with Crippen molar-refractivity contribution in [2.75, 3.05) is 18.0 Å². The minimum atomic E-state index is 0.0795. The van der Waals surface area contributed by atoms with Crippen LogP contribution in [0.2, 0.25) is 0 Å². The van der Waals surface area contributed by atoms with E-state index in [9.17, 15) is 4.79 Å². The van der Waals surface area contributed by atoms with Crippen molar-refractivity contribution in [3.05, 3.63) is 40.3 Å². The molecule has 0 radical (unpaired) electrons. The normalized spacial score (nSPS) is 22.2. The van der Waals surface area contributed by atoms with Gasteiger partial charge in [-0.3, -0.25) is 9.69 Å². The van der Waals surface area contributed by atoms with Gasteiger partial charge in [-0.15, -0.1) is 0 Å². The van der Waals surface area contributed by atoms with Crippen molar-refractivity contribution in [2.45, 2.75) is 64.3 Å². The molecular weight excluding hydrogens is 422 g/mol. The number of rotatable bonds is 3. The number of aromatic nitrogens is 1. The van der Waals surface area contributed by atoms with Gasteiger partial charge in [-0.05, 0) is 56.7 Å². The van der Waals surface area contributed by atoms with Crippen LogP contribution in [0.4, 0.5) is 5.82 Å². The number of hydrogen-bond donors (Lipinski definition) is 0. The summed E-state index contributed by atoms with van der Waals surface area (Å²) in [7, 11) is 0. The molecule has 1 saturated carbocycles. The molecule has 0 atom stereocenters. The molecule has 2 aromatic rings. The number of carbonyl (C=O) groups is 1. The second-order valence-corrected chi connectivity index (χ2v) is 10.6. The molecule has 3 fully saturated rings. The Morgan fingerprint density at radius 3 is 2.61 bits per heavy atom. The number of benzene rings is 1. The minimum absolute atomic E-state index is 0.0795. The van der Waals surface area contributed by atoms with Gasteiger partial charge in [0.1, 0.15) is 10.1 Å². The fourth-order valence-electron chi connectivity index (χ4n) is 5.09. The van der Waals surface area contributed by atoms with E-state index >= 15 is 0 Å². The van der Waals surface area contributed by atoms with Crippen molar-refractivity contribution in [3.63, 3.8) is 0 Å². The van der Waals surface area contributed by atoms with Crippen molar-refractivity contribution in [2.24, 2.45) is 0 Å². The highest BCUT2D eigenvalue weighted by Gasteiger charge is 2.37. The number of pyridine rings is 1. The Kier molecular flexibility index (Phi) is 6.02. The van der Waals surface area contributed by atoms with Gasteiger partial charge in [-0.2, -0.15) is 0 Å². The number of fused-ring (bicyclic) bond motifs is 1. The number of piperidine rings is 1. The topological polar surface area (TPSA) is 36.4 Å². The molecule has 3 aliphatic rings. The molecule has 31 heavy (non-hydrogen) atoms. The van der Waals surface area contributed by atoms with Crippen LogP contribution in [0.25, 0.3) is 17.0 Å². The van der Waals surface area contributed by atoms with Crippen molar-refractivity contribution in [3.8, 4) is 0 Å². The molecule has 1 aromatic carbocycles. The van der Waals surface area contributed by atoms with Crippen LogP contribution in [0.5, 0.6) is 0 Å². The molecule has 5 rings (SSSR count). The van der Waals surface area contributed by atoms with Crippen molar-refractivity contribution in [1.29, 1.82) is 0 Å². The summed E-state index contributed by atoms with van der Waals surface area (Å²) >= 11 is 7.10. The highest BCUT2D eigenvalue weighted by atomic mass is 32.2. The first-order chi connectivity index (χ1) is 15.1. The molecule has 1 aliphatic carbocycles. The maximum Gasteiger partial charge on any atom is 0.266 e. The lowest BCUT2D eigenvalue weighted by Gasteiger charge is -2.30. The summed E-state index contributed by atoms with van der Waals surface area (Å²) < 4.78 is 0.715. The average molecular weight is 452 g/mol. The van der Waals surface area contributed by atoms with Gasteiger partial charge in [-0.1, -0.05) is 61.4 Å². The van der Waals surface area contributed by atoms with Crippen LogP contribution < -0.4 is 4.90 Å². The monoisotopic (exact) mass is 451 g/mol. The van der Waals surface area contributed by atoms with Gasteiger partial charge in [-0.25, -0.2) is 4.98 Å². The van der Waals surface area contributed by atoms with Crippen LogP contribution in [0.15, 0.2) is 29.2 Å². The summed E-state index contributed by atoms with van der Waals surface area (Å²) in [5.41, 5.74) is 3.27. The number of nitrogens with zero attached hydrogens (tertiary/aromatic N) is 3. The molecule has 3 heterocycles. The van der Waals surface area contributed by atoms with E-state index in [-0.39, 0.29) is 11.9 Å². The summed E-state index contributed by atoms with van der Waals surface area (Å²) in [6.07, 6.45) is 11.5. The first-order valence-corrected chi connectivity index (χ1v) is 12.8. The maximum atomic E-state index is 13.3. The zero-order valence-electron chi connectivity index (χ0n) is 18.1. The Morgan fingerprint density at radius 2 is 1.84 bits per heavy atom. The molecule has 1 aromatic heterocycles. The van der Waals surface area contributed by atoms with Gasteiger partial charge in [0.15, 0.2) is 0 Å². The van der Waals surface area contributed by atoms with Crippen molar-refractivity contribution in [1.82, 2.24) is 9.88 Å². The van der Waals surface area contributed by atoms with Crippen LogP contribution in [-0.4, -0.2) is 39.2 Å². The number of thioether (sulfide) groups is 1. The predicted octanol–water partition coefficient (Wildman–Crippen LogP) is 6.07. The number of hydrogen-bond acceptors (Lipinski definition) is 5. The van der Waals surface area contributed by atoms with E-state index in [1.807, 2.05) is 11.0 Å². The van der Waals surface area contributed by atoms with Crippen LogP contribution >= 0.6 is 24.0 Å². The standard InChI is InChI=1S/C25H29N3OS2/c1-17-9-8-10-18-15-19(23(26-22(17)18)27-13-6-3-7-14-27)16-21-24(29)28(25(30)31-21)20-11-4-2-5-12-20/h8-10,15-16,20H,2-7,11-14H2,1H3/b21-16-. The number of thiocarbonyl (C=S) groups is 1. The number of anilines is 1. The lowest BCUT2D eigenvalue weighted by molar-refractivity contribution is -0.124. The van der Waals surface area contributed by atoms with E-state index < -0.39 is 0 Å². The third kappa shape index (κ3) is 4.12. The summed E-state index contributed by atoms with van der Waals surface area (Å²) in [5.74, 6) is 1.08. The Hall–Kier alpha value is -1.92. The minimum Gasteiger partial charge on any atom is -0.356 e. The Balaban J connectivity index is 1.55. The van der Waals surface area contributed by atoms with Crippen LogP contribution in [0.3, 0.4) is 0 Å². The fraction of sp³-hybridized carbons (Fsp3) is 0.480. The van der Waals surface area contributed by atoms with E-state index in [0.717, 1.165) is 53.1 Å². The highest BCUT2D eigenvalue weighted by Crippen LogP contribution is 2.39. The number of para-hydroxylation sites is 1. The van der Waals surface area contributed by atoms with Gasteiger partial charge < -0.3 is 4.90 Å². The van der Waals surface area contributed by atoms with Crippen molar-refractivity contribution < 1.29 is 4.79 Å². The SMILES string of the molecule is Cc1cccc2cc(/C=C3\SC(=S)N(C4CCCCC4)C3=O)c(N3CCCCC3)nc12. The first-order valence-electron chi connectivity index (χ1n) is 11.5. The molecule has 0 N–H and O–H groups in total. The van der Waals surface area contributed by atoms with Gasteiger partial charge in [0.25, 0.3) is 5.91 Å². The van der Waals surface area contributed by atoms with Crippen LogP contribution in [-0.2, 0) is 4.79 Å². The lowest BCUT2D eigenvalue weighted by atomic mass is 9.94. The molecular formula is C25H29N3OS2. The van der Waals surface area contributed by atoms with E-state index in [1.165, 1.54) is 55.9 Å². The molecule has 0 bridgehead atoms. The molecule has 162 valence electrons. The average Bonchev–Trinajstić information content (AvgIpc) is 3.07. The lowest BCUT2D eigenvalue weighted by Crippen LogP contribution is -2.39. The van der Waals surface area contributed by atoms with Gasteiger partial charge in [0.05, 0.1) is 10.4 Å². The first kappa shape index (κ1) is 21.0. The number of amides is 1. The largest absolute Gasteiger partial charge is 0.356 e. The molecule has 0 spiro atoms. The third-order valence-corrected chi connectivity index (χ3v) is 8.09.